The normalized spacial score (nSPS) is 15.7. The Labute approximate surface area is 210 Å². The fourth-order valence-corrected chi connectivity index (χ4v) is 5.05. The summed E-state index contributed by atoms with van der Waals surface area (Å²) in [6, 6.07) is 21.8. The monoisotopic (exact) mass is 487 g/mol. The van der Waals surface area contributed by atoms with Crippen molar-refractivity contribution in [3.8, 4) is 11.5 Å². The second-order valence-corrected chi connectivity index (χ2v) is 9.29. The number of nitro benzene ring substituents is 1. The quantitative estimate of drug-likeness (QED) is 0.332. The Morgan fingerprint density at radius 1 is 0.944 bits per heavy atom. The van der Waals surface area contributed by atoms with E-state index in [2.05, 4.69) is 5.32 Å². The van der Waals surface area contributed by atoms with Crippen LogP contribution in [0.2, 0.25) is 0 Å². The zero-order chi connectivity index (χ0) is 24.9. The van der Waals surface area contributed by atoms with Gasteiger partial charge in [-0.25, -0.2) is 0 Å². The lowest BCUT2D eigenvalue weighted by Gasteiger charge is -2.32. The lowest BCUT2D eigenvalue weighted by molar-refractivity contribution is -0.386. The highest BCUT2D eigenvalue weighted by atomic mass is 16.7. The molecule has 0 radical (unpaired) electrons. The predicted molar refractivity (Wildman–Crippen MR) is 134 cm³/mol. The highest BCUT2D eigenvalue weighted by Crippen LogP contribution is 2.42. The van der Waals surface area contributed by atoms with Crippen molar-refractivity contribution in [3.63, 3.8) is 0 Å². The Hall–Kier alpha value is -3.91. The van der Waals surface area contributed by atoms with E-state index in [4.69, 9.17) is 9.47 Å². The molecule has 1 N–H and O–H groups in total. The summed E-state index contributed by atoms with van der Waals surface area (Å²) < 4.78 is 11.0. The third-order valence-corrected chi connectivity index (χ3v) is 6.79. The summed E-state index contributed by atoms with van der Waals surface area (Å²) in [6.07, 6.45) is 3.97. The van der Waals surface area contributed by atoms with Crippen LogP contribution in [0.4, 0.5) is 5.69 Å². The number of benzene rings is 3. The smallest absolute Gasteiger partial charge is 0.278 e. The Bertz CT molecular complexity index is 1170. The Balaban J connectivity index is 1.60. The van der Waals surface area contributed by atoms with Crippen LogP contribution in [0.1, 0.15) is 48.4 Å². The number of ether oxygens (including phenoxy) is 2. The van der Waals surface area contributed by atoms with Gasteiger partial charge in [-0.15, -0.1) is 0 Å². The summed E-state index contributed by atoms with van der Waals surface area (Å²) in [5.41, 5.74) is 2.16. The Morgan fingerprint density at radius 3 is 2.06 bits per heavy atom. The van der Waals surface area contributed by atoms with Gasteiger partial charge in [0.2, 0.25) is 12.7 Å². The van der Waals surface area contributed by atoms with Crippen LogP contribution in [0.25, 0.3) is 0 Å². The number of amides is 1. The van der Waals surface area contributed by atoms with E-state index in [0.29, 0.717) is 30.2 Å². The lowest BCUT2D eigenvalue weighted by atomic mass is 9.98. The molecule has 1 aliphatic heterocycles. The molecule has 186 valence electrons. The first-order valence-corrected chi connectivity index (χ1v) is 12.3. The number of hydrogen-bond donors (Lipinski definition) is 1. The van der Waals surface area contributed by atoms with E-state index in [1.807, 2.05) is 65.6 Å². The molecule has 0 unspecified atom stereocenters. The SMILES string of the molecule is O=C(NC1CCCC1)[C@H](c1cc2c(cc1[N+](=O)[O-])OCO2)N(Cc1ccccc1)Cc1ccccc1. The molecule has 1 aliphatic carbocycles. The molecule has 0 aromatic heterocycles. The molecule has 1 amide bonds. The predicted octanol–water partition coefficient (Wildman–Crippen LogP) is 5.13. The molecule has 2 aliphatic rings. The molecule has 0 spiro atoms. The lowest BCUT2D eigenvalue weighted by Crippen LogP contribution is -2.43. The fraction of sp³-hybridized carbons (Fsp3) is 0.321. The summed E-state index contributed by atoms with van der Waals surface area (Å²) in [4.78, 5) is 27.7. The third-order valence-electron chi connectivity index (χ3n) is 6.79. The van der Waals surface area contributed by atoms with Crippen molar-refractivity contribution in [1.82, 2.24) is 10.2 Å². The van der Waals surface area contributed by atoms with Crippen LogP contribution < -0.4 is 14.8 Å². The average Bonchev–Trinajstić information content (AvgIpc) is 3.56. The zero-order valence-electron chi connectivity index (χ0n) is 20.0. The topological polar surface area (TPSA) is 93.9 Å². The number of nitrogens with zero attached hydrogens (tertiary/aromatic N) is 2. The van der Waals surface area contributed by atoms with Gasteiger partial charge in [0, 0.05) is 19.1 Å². The van der Waals surface area contributed by atoms with Gasteiger partial charge in [0.05, 0.1) is 16.6 Å². The number of hydrogen-bond acceptors (Lipinski definition) is 6. The maximum absolute atomic E-state index is 13.9. The van der Waals surface area contributed by atoms with Crippen LogP contribution in [0.5, 0.6) is 11.5 Å². The van der Waals surface area contributed by atoms with Crippen molar-refractivity contribution in [2.75, 3.05) is 6.79 Å². The molecule has 1 heterocycles. The van der Waals surface area contributed by atoms with E-state index in [-0.39, 0.29) is 24.4 Å². The minimum absolute atomic E-state index is 0.00732. The first-order chi connectivity index (χ1) is 17.6. The number of carbonyl (C=O) groups excluding carboxylic acids is 1. The van der Waals surface area contributed by atoms with E-state index in [1.54, 1.807) is 6.07 Å². The molecule has 3 aromatic carbocycles. The first-order valence-electron chi connectivity index (χ1n) is 12.3. The van der Waals surface area contributed by atoms with Crippen LogP contribution >= 0.6 is 0 Å². The molecule has 36 heavy (non-hydrogen) atoms. The second kappa shape index (κ2) is 10.8. The van der Waals surface area contributed by atoms with E-state index < -0.39 is 11.0 Å². The standard InChI is InChI=1S/C28H29N3O5/c32-28(29-22-13-7-8-14-22)27(23-15-25-26(36-19-35-25)16-24(23)31(33)34)30(17-20-9-3-1-4-10-20)18-21-11-5-2-6-12-21/h1-6,9-12,15-16,22,27H,7-8,13-14,17-19H2,(H,29,32)/t27-/m0/s1. The van der Waals surface area contributed by atoms with Crippen molar-refractivity contribution >= 4 is 11.6 Å². The van der Waals surface area contributed by atoms with Crippen molar-refractivity contribution in [2.24, 2.45) is 0 Å². The van der Waals surface area contributed by atoms with Gasteiger partial charge in [-0.1, -0.05) is 73.5 Å². The molecule has 8 nitrogen and oxygen atoms in total. The van der Waals surface area contributed by atoms with Crippen LogP contribution in [-0.4, -0.2) is 28.6 Å². The van der Waals surface area contributed by atoms with Crippen molar-refractivity contribution in [1.29, 1.82) is 0 Å². The van der Waals surface area contributed by atoms with Gasteiger partial charge >= 0.3 is 0 Å². The summed E-state index contributed by atoms with van der Waals surface area (Å²) >= 11 is 0. The van der Waals surface area contributed by atoms with E-state index in [1.165, 1.54) is 6.07 Å². The van der Waals surface area contributed by atoms with Crippen molar-refractivity contribution in [3.05, 3.63) is 99.6 Å². The van der Waals surface area contributed by atoms with Gasteiger partial charge in [0.1, 0.15) is 6.04 Å². The first kappa shape index (κ1) is 23.8. The highest BCUT2D eigenvalue weighted by Gasteiger charge is 2.37. The molecule has 1 saturated carbocycles. The van der Waals surface area contributed by atoms with Gasteiger partial charge in [0.25, 0.3) is 5.69 Å². The number of nitrogens with one attached hydrogen (secondary N) is 1. The summed E-state index contributed by atoms with van der Waals surface area (Å²) in [7, 11) is 0. The fourth-order valence-electron chi connectivity index (χ4n) is 5.05. The molecular formula is C28H29N3O5. The molecular weight excluding hydrogens is 458 g/mol. The van der Waals surface area contributed by atoms with Gasteiger partial charge in [0.15, 0.2) is 11.5 Å². The molecule has 0 saturated heterocycles. The van der Waals surface area contributed by atoms with Gasteiger partial charge in [-0.3, -0.25) is 19.8 Å². The molecule has 1 atom stereocenters. The third kappa shape index (κ3) is 5.33. The summed E-state index contributed by atoms with van der Waals surface area (Å²) in [5.74, 6) is 0.488. The number of nitro groups is 1. The minimum atomic E-state index is -0.902. The van der Waals surface area contributed by atoms with Crippen molar-refractivity contribution < 1.29 is 19.2 Å². The second-order valence-electron chi connectivity index (χ2n) is 9.29. The molecule has 3 aromatic rings. The summed E-state index contributed by atoms with van der Waals surface area (Å²) in [6.45, 7) is 0.862. The van der Waals surface area contributed by atoms with Gasteiger partial charge in [-0.2, -0.15) is 0 Å². The maximum atomic E-state index is 13.9. The van der Waals surface area contributed by atoms with E-state index >= 15 is 0 Å². The Morgan fingerprint density at radius 2 is 1.50 bits per heavy atom. The van der Waals surface area contributed by atoms with Crippen molar-refractivity contribution in [2.45, 2.75) is 50.9 Å². The zero-order valence-corrected chi connectivity index (χ0v) is 20.0. The molecule has 8 heteroatoms. The van der Waals surface area contributed by atoms with Crippen LogP contribution in [0.15, 0.2) is 72.8 Å². The van der Waals surface area contributed by atoms with E-state index in [9.17, 15) is 14.9 Å². The number of rotatable bonds is 9. The average molecular weight is 488 g/mol. The minimum Gasteiger partial charge on any atom is -0.454 e. The molecule has 1 fully saturated rings. The summed E-state index contributed by atoms with van der Waals surface area (Å²) in [5, 5.41) is 15.4. The largest absolute Gasteiger partial charge is 0.454 e. The van der Waals surface area contributed by atoms with Crippen LogP contribution in [0, 0.1) is 10.1 Å². The maximum Gasteiger partial charge on any atom is 0.278 e. The van der Waals surface area contributed by atoms with Crippen LogP contribution in [-0.2, 0) is 17.9 Å². The number of carbonyl (C=O) groups is 1. The number of fused-ring (bicyclic) bond motifs is 1. The van der Waals surface area contributed by atoms with Gasteiger partial charge < -0.3 is 14.8 Å². The van der Waals surface area contributed by atoms with Crippen LogP contribution in [0.3, 0.4) is 0 Å². The molecule has 5 rings (SSSR count). The Kier molecular flexibility index (Phi) is 7.13. The highest BCUT2D eigenvalue weighted by molar-refractivity contribution is 5.85. The van der Waals surface area contributed by atoms with E-state index in [0.717, 1.165) is 36.8 Å². The molecule has 0 bridgehead atoms. The van der Waals surface area contributed by atoms with Gasteiger partial charge in [-0.05, 0) is 30.0 Å².